The Morgan fingerprint density at radius 1 is 1.43 bits per heavy atom. The Kier molecular flexibility index (Phi) is 2.18. The number of H-pyrrole nitrogens is 1. The average Bonchev–Trinajstić information content (AvgIpc) is 2.64. The number of nitrogens with one attached hydrogen (secondary N) is 2. The Labute approximate surface area is 81.0 Å². The SMILES string of the molecule is Cc1ccc(F)cc1Nc1ncc[nH]1. The van der Waals surface area contributed by atoms with E-state index in [9.17, 15) is 4.39 Å². The molecule has 0 aliphatic rings. The summed E-state index contributed by atoms with van der Waals surface area (Å²) in [5.74, 6) is 0.350. The van der Waals surface area contributed by atoms with Crippen LogP contribution in [0, 0.1) is 12.7 Å². The normalized spacial score (nSPS) is 10.1. The number of aryl methyl sites for hydroxylation is 1. The second-order valence-electron chi connectivity index (χ2n) is 3.02. The molecule has 0 fully saturated rings. The highest BCUT2D eigenvalue weighted by atomic mass is 19.1. The molecule has 0 bridgehead atoms. The third kappa shape index (κ3) is 1.74. The van der Waals surface area contributed by atoms with Crippen molar-refractivity contribution in [3.63, 3.8) is 0 Å². The van der Waals surface area contributed by atoms with Crippen molar-refractivity contribution in [3.8, 4) is 0 Å². The fraction of sp³-hybridized carbons (Fsp3) is 0.100. The first-order chi connectivity index (χ1) is 6.75. The monoisotopic (exact) mass is 191 g/mol. The lowest BCUT2D eigenvalue weighted by molar-refractivity contribution is 0.628. The Hall–Kier alpha value is -1.84. The number of anilines is 2. The number of rotatable bonds is 2. The van der Waals surface area contributed by atoms with E-state index >= 15 is 0 Å². The van der Waals surface area contributed by atoms with Crippen LogP contribution in [0.25, 0.3) is 0 Å². The Bertz CT molecular complexity index is 423. The minimum absolute atomic E-state index is 0.260. The van der Waals surface area contributed by atoms with E-state index in [1.54, 1.807) is 18.5 Å². The van der Waals surface area contributed by atoms with Gasteiger partial charge < -0.3 is 10.3 Å². The summed E-state index contributed by atoms with van der Waals surface area (Å²) in [6, 6.07) is 4.60. The van der Waals surface area contributed by atoms with Crippen molar-refractivity contribution in [3.05, 3.63) is 42.0 Å². The number of nitrogens with zero attached hydrogens (tertiary/aromatic N) is 1. The van der Waals surface area contributed by atoms with Crippen LogP contribution >= 0.6 is 0 Å². The molecule has 0 saturated carbocycles. The molecule has 0 spiro atoms. The predicted octanol–water partition coefficient (Wildman–Crippen LogP) is 2.60. The molecule has 2 N–H and O–H groups in total. The zero-order valence-corrected chi connectivity index (χ0v) is 7.71. The fourth-order valence-corrected chi connectivity index (χ4v) is 1.19. The fourth-order valence-electron chi connectivity index (χ4n) is 1.19. The molecule has 0 unspecified atom stereocenters. The number of halogens is 1. The molecule has 1 aromatic heterocycles. The molecule has 72 valence electrons. The summed E-state index contributed by atoms with van der Waals surface area (Å²) in [5, 5.41) is 2.99. The lowest BCUT2D eigenvalue weighted by Crippen LogP contribution is -1.95. The van der Waals surface area contributed by atoms with Gasteiger partial charge in [0, 0.05) is 18.1 Å². The maximum atomic E-state index is 12.9. The summed E-state index contributed by atoms with van der Waals surface area (Å²) < 4.78 is 12.9. The molecule has 1 heterocycles. The van der Waals surface area contributed by atoms with Gasteiger partial charge in [-0.25, -0.2) is 9.37 Å². The topological polar surface area (TPSA) is 40.7 Å². The van der Waals surface area contributed by atoms with Gasteiger partial charge in [-0.05, 0) is 24.6 Å². The number of aromatic amines is 1. The van der Waals surface area contributed by atoms with Crippen molar-refractivity contribution in [1.82, 2.24) is 9.97 Å². The van der Waals surface area contributed by atoms with Gasteiger partial charge in [-0.2, -0.15) is 0 Å². The second-order valence-corrected chi connectivity index (χ2v) is 3.02. The van der Waals surface area contributed by atoms with E-state index in [0.717, 1.165) is 11.3 Å². The van der Waals surface area contributed by atoms with E-state index in [-0.39, 0.29) is 5.82 Å². The Morgan fingerprint density at radius 3 is 3.00 bits per heavy atom. The van der Waals surface area contributed by atoms with Crippen LogP contribution in [0.15, 0.2) is 30.6 Å². The summed E-state index contributed by atoms with van der Waals surface area (Å²) in [5.41, 5.74) is 1.70. The number of benzene rings is 1. The van der Waals surface area contributed by atoms with Gasteiger partial charge in [0.15, 0.2) is 0 Å². The minimum atomic E-state index is -0.260. The van der Waals surface area contributed by atoms with Crippen LogP contribution in [0.5, 0.6) is 0 Å². The summed E-state index contributed by atoms with van der Waals surface area (Å²) in [4.78, 5) is 6.88. The van der Waals surface area contributed by atoms with Gasteiger partial charge in [0.2, 0.25) is 5.95 Å². The Morgan fingerprint density at radius 2 is 2.29 bits per heavy atom. The van der Waals surface area contributed by atoms with Crippen LogP contribution in [-0.2, 0) is 0 Å². The largest absolute Gasteiger partial charge is 0.331 e. The first-order valence-electron chi connectivity index (χ1n) is 4.28. The zero-order valence-electron chi connectivity index (χ0n) is 7.71. The maximum absolute atomic E-state index is 12.9. The van der Waals surface area contributed by atoms with E-state index in [0.29, 0.717) is 5.95 Å². The third-order valence-electron chi connectivity index (χ3n) is 1.95. The quantitative estimate of drug-likeness (QED) is 0.766. The van der Waals surface area contributed by atoms with Gasteiger partial charge in [0.25, 0.3) is 0 Å². The van der Waals surface area contributed by atoms with Crippen molar-refractivity contribution in [1.29, 1.82) is 0 Å². The first kappa shape index (κ1) is 8.74. The lowest BCUT2D eigenvalue weighted by atomic mass is 10.2. The van der Waals surface area contributed by atoms with Crippen LogP contribution in [-0.4, -0.2) is 9.97 Å². The summed E-state index contributed by atoms with van der Waals surface area (Å²) in [6.07, 6.45) is 3.34. The van der Waals surface area contributed by atoms with E-state index in [1.165, 1.54) is 12.1 Å². The molecule has 0 atom stereocenters. The first-order valence-corrected chi connectivity index (χ1v) is 4.28. The van der Waals surface area contributed by atoms with Crippen molar-refractivity contribution in [2.75, 3.05) is 5.32 Å². The zero-order chi connectivity index (χ0) is 9.97. The summed E-state index contributed by atoms with van der Waals surface area (Å²) >= 11 is 0. The standard InChI is InChI=1S/C10H10FN3/c1-7-2-3-8(11)6-9(7)14-10-12-4-5-13-10/h2-6H,1H3,(H2,12,13,14). The number of imidazole rings is 1. The number of aromatic nitrogens is 2. The number of hydrogen-bond acceptors (Lipinski definition) is 2. The van der Waals surface area contributed by atoms with E-state index in [2.05, 4.69) is 15.3 Å². The number of hydrogen-bond donors (Lipinski definition) is 2. The van der Waals surface area contributed by atoms with Gasteiger partial charge in [-0.3, -0.25) is 0 Å². The highest BCUT2D eigenvalue weighted by molar-refractivity contribution is 5.57. The van der Waals surface area contributed by atoms with Gasteiger partial charge in [0.05, 0.1) is 0 Å². The molecule has 0 aliphatic heterocycles. The van der Waals surface area contributed by atoms with Crippen LogP contribution in [0.3, 0.4) is 0 Å². The Balaban J connectivity index is 2.28. The molecule has 2 aromatic rings. The van der Waals surface area contributed by atoms with Crippen LogP contribution in [0.4, 0.5) is 16.0 Å². The summed E-state index contributed by atoms with van der Waals surface area (Å²) in [7, 11) is 0. The highest BCUT2D eigenvalue weighted by Gasteiger charge is 2.01. The third-order valence-corrected chi connectivity index (χ3v) is 1.95. The van der Waals surface area contributed by atoms with E-state index in [4.69, 9.17) is 0 Å². The maximum Gasteiger partial charge on any atom is 0.204 e. The smallest absolute Gasteiger partial charge is 0.204 e. The van der Waals surface area contributed by atoms with E-state index < -0.39 is 0 Å². The molecule has 2 rings (SSSR count). The van der Waals surface area contributed by atoms with Crippen molar-refractivity contribution < 1.29 is 4.39 Å². The van der Waals surface area contributed by atoms with Crippen molar-refractivity contribution in [2.24, 2.45) is 0 Å². The molecular weight excluding hydrogens is 181 g/mol. The van der Waals surface area contributed by atoms with Gasteiger partial charge >= 0.3 is 0 Å². The lowest BCUT2D eigenvalue weighted by Gasteiger charge is -2.06. The highest BCUT2D eigenvalue weighted by Crippen LogP contribution is 2.18. The average molecular weight is 191 g/mol. The van der Waals surface area contributed by atoms with Gasteiger partial charge in [0.1, 0.15) is 5.82 Å². The van der Waals surface area contributed by atoms with Crippen LogP contribution in [0.2, 0.25) is 0 Å². The molecule has 0 aliphatic carbocycles. The second kappa shape index (κ2) is 3.49. The molecule has 1 aromatic carbocycles. The predicted molar refractivity (Wildman–Crippen MR) is 53.0 cm³/mol. The minimum Gasteiger partial charge on any atom is -0.331 e. The molecule has 14 heavy (non-hydrogen) atoms. The van der Waals surface area contributed by atoms with Gasteiger partial charge in [-0.15, -0.1) is 0 Å². The molecule has 0 amide bonds. The van der Waals surface area contributed by atoms with Crippen molar-refractivity contribution >= 4 is 11.6 Å². The molecular formula is C10H10FN3. The molecule has 0 saturated heterocycles. The molecule has 3 nitrogen and oxygen atoms in total. The summed E-state index contributed by atoms with van der Waals surface area (Å²) in [6.45, 7) is 1.91. The van der Waals surface area contributed by atoms with Crippen LogP contribution in [0.1, 0.15) is 5.56 Å². The van der Waals surface area contributed by atoms with E-state index in [1.807, 2.05) is 6.92 Å². The van der Waals surface area contributed by atoms with Crippen molar-refractivity contribution in [2.45, 2.75) is 6.92 Å². The molecule has 4 heteroatoms. The molecule has 0 radical (unpaired) electrons. The van der Waals surface area contributed by atoms with Gasteiger partial charge in [-0.1, -0.05) is 6.07 Å². The van der Waals surface area contributed by atoms with Crippen LogP contribution < -0.4 is 5.32 Å².